The van der Waals surface area contributed by atoms with Crippen molar-refractivity contribution in [3.63, 3.8) is 0 Å². The maximum Gasteiger partial charge on any atom is 0.101 e. The second-order valence-electron chi connectivity index (χ2n) is 5.56. The van der Waals surface area contributed by atoms with Gasteiger partial charge in [-0.2, -0.15) is 10.4 Å². The van der Waals surface area contributed by atoms with E-state index in [1.54, 1.807) is 6.20 Å². The molecular formula is C14H21N3O. The molecule has 3 unspecified atom stereocenters. The molecule has 1 N–H and O–H groups in total. The summed E-state index contributed by atoms with van der Waals surface area (Å²) in [5, 5.41) is 24.2. The molecule has 1 aromatic rings. The van der Waals surface area contributed by atoms with Crippen LogP contribution in [0, 0.1) is 22.7 Å². The number of aliphatic hydroxyl groups is 1. The van der Waals surface area contributed by atoms with Crippen molar-refractivity contribution in [1.29, 1.82) is 5.26 Å². The van der Waals surface area contributed by atoms with Gasteiger partial charge >= 0.3 is 0 Å². The van der Waals surface area contributed by atoms with Gasteiger partial charge in [-0.05, 0) is 31.6 Å². The van der Waals surface area contributed by atoms with Crippen LogP contribution in [0.1, 0.15) is 51.2 Å². The van der Waals surface area contributed by atoms with E-state index in [0.29, 0.717) is 5.92 Å². The molecule has 0 amide bonds. The fourth-order valence-electron chi connectivity index (χ4n) is 2.93. The molecule has 1 aliphatic carbocycles. The molecule has 1 heterocycles. The average Bonchev–Trinajstić information content (AvgIpc) is 2.96. The molecule has 3 atom stereocenters. The summed E-state index contributed by atoms with van der Waals surface area (Å²) in [6.45, 7) is 5.09. The average molecular weight is 247 g/mol. The second kappa shape index (κ2) is 5.11. The fraction of sp³-hybridized carbons (Fsp3) is 0.714. The predicted molar refractivity (Wildman–Crippen MR) is 68.5 cm³/mol. The molecule has 0 radical (unpaired) electrons. The molecule has 0 aromatic carbocycles. The zero-order valence-electron chi connectivity index (χ0n) is 11.1. The molecular weight excluding hydrogens is 226 g/mol. The van der Waals surface area contributed by atoms with E-state index < -0.39 is 11.5 Å². The van der Waals surface area contributed by atoms with Crippen LogP contribution in [0.2, 0.25) is 0 Å². The Morgan fingerprint density at radius 1 is 1.72 bits per heavy atom. The highest BCUT2D eigenvalue weighted by Crippen LogP contribution is 2.49. The summed E-state index contributed by atoms with van der Waals surface area (Å²) in [6.07, 6.45) is 6.45. The summed E-state index contributed by atoms with van der Waals surface area (Å²) in [6, 6.07) is 2.36. The second-order valence-corrected chi connectivity index (χ2v) is 5.56. The lowest BCUT2D eigenvalue weighted by Gasteiger charge is -2.26. The van der Waals surface area contributed by atoms with Crippen LogP contribution in [0.3, 0.4) is 0 Å². The zero-order chi connectivity index (χ0) is 13.2. The number of rotatable bonds is 4. The minimum absolute atomic E-state index is 0.519. The molecule has 1 aliphatic rings. The lowest BCUT2D eigenvalue weighted by molar-refractivity contribution is 0.0646. The zero-order valence-corrected chi connectivity index (χ0v) is 11.1. The van der Waals surface area contributed by atoms with Crippen molar-refractivity contribution in [3.05, 3.63) is 18.0 Å². The van der Waals surface area contributed by atoms with E-state index in [4.69, 9.17) is 0 Å². The molecule has 2 rings (SSSR count). The maximum absolute atomic E-state index is 10.5. The highest BCUT2D eigenvalue weighted by atomic mass is 16.3. The van der Waals surface area contributed by atoms with Gasteiger partial charge in [0.25, 0.3) is 0 Å². The van der Waals surface area contributed by atoms with Gasteiger partial charge in [-0.1, -0.05) is 13.8 Å². The molecule has 1 saturated carbocycles. The van der Waals surface area contributed by atoms with Crippen molar-refractivity contribution < 1.29 is 5.11 Å². The lowest BCUT2D eigenvalue weighted by atomic mass is 9.79. The van der Waals surface area contributed by atoms with Crippen molar-refractivity contribution in [2.45, 2.75) is 52.2 Å². The minimum Gasteiger partial charge on any atom is -0.387 e. The molecule has 1 aromatic heterocycles. The van der Waals surface area contributed by atoms with Crippen molar-refractivity contribution in [1.82, 2.24) is 9.78 Å². The van der Waals surface area contributed by atoms with Gasteiger partial charge in [0.1, 0.15) is 6.10 Å². The van der Waals surface area contributed by atoms with Gasteiger partial charge in [0.15, 0.2) is 0 Å². The van der Waals surface area contributed by atoms with Gasteiger partial charge in [0.05, 0.1) is 17.7 Å². The molecule has 18 heavy (non-hydrogen) atoms. The van der Waals surface area contributed by atoms with Crippen molar-refractivity contribution in [3.8, 4) is 6.07 Å². The van der Waals surface area contributed by atoms with Gasteiger partial charge in [-0.25, -0.2) is 0 Å². The molecule has 0 saturated heterocycles. The summed E-state index contributed by atoms with van der Waals surface area (Å²) in [5.74, 6) is 0.519. The summed E-state index contributed by atoms with van der Waals surface area (Å²) in [5.41, 5.74) is 0.165. The Kier molecular flexibility index (Phi) is 3.72. The van der Waals surface area contributed by atoms with Gasteiger partial charge < -0.3 is 5.11 Å². The van der Waals surface area contributed by atoms with Crippen molar-refractivity contribution in [2.75, 3.05) is 0 Å². The van der Waals surface area contributed by atoms with E-state index in [1.165, 1.54) is 0 Å². The predicted octanol–water partition coefficient (Wildman–Crippen LogP) is 2.66. The van der Waals surface area contributed by atoms with Crippen LogP contribution < -0.4 is 0 Å². The van der Waals surface area contributed by atoms with Gasteiger partial charge in [0.2, 0.25) is 0 Å². The topological polar surface area (TPSA) is 61.8 Å². The molecule has 0 aliphatic heterocycles. The third-order valence-corrected chi connectivity index (χ3v) is 3.96. The minimum atomic E-state index is -0.710. The van der Waals surface area contributed by atoms with Crippen LogP contribution in [0.15, 0.2) is 12.4 Å². The number of aromatic nitrogens is 2. The molecule has 4 nitrogen and oxygen atoms in total. The Hall–Kier alpha value is -1.34. The fourth-order valence-corrected chi connectivity index (χ4v) is 2.93. The van der Waals surface area contributed by atoms with Crippen LogP contribution in [-0.4, -0.2) is 14.9 Å². The largest absolute Gasteiger partial charge is 0.387 e. The lowest BCUT2D eigenvalue weighted by Crippen LogP contribution is -2.24. The third-order valence-electron chi connectivity index (χ3n) is 3.96. The van der Waals surface area contributed by atoms with Crippen LogP contribution in [0.25, 0.3) is 0 Å². The number of hydrogen-bond donors (Lipinski definition) is 1. The Morgan fingerprint density at radius 2 is 2.50 bits per heavy atom. The first-order valence-electron chi connectivity index (χ1n) is 6.73. The number of nitriles is 1. The quantitative estimate of drug-likeness (QED) is 0.889. The molecule has 0 spiro atoms. The summed E-state index contributed by atoms with van der Waals surface area (Å²) in [7, 11) is 0. The molecule has 0 bridgehead atoms. The monoisotopic (exact) mass is 247 g/mol. The highest BCUT2D eigenvalue weighted by molar-refractivity contribution is 5.19. The number of aliphatic hydroxyl groups excluding tert-OH is 1. The summed E-state index contributed by atoms with van der Waals surface area (Å²) < 4.78 is 1.84. The normalized spacial score (nSPS) is 29.1. The van der Waals surface area contributed by atoms with Crippen LogP contribution in [0.4, 0.5) is 0 Å². The standard InChI is InChI=1S/C14H21N3O/c1-3-6-17-9-12(8-16-17)13(18)14(10-15)5-4-11(2)7-14/h8-9,11,13,18H,3-7H2,1-2H3. The Labute approximate surface area is 108 Å². The van der Waals surface area contributed by atoms with Gasteiger partial charge in [-0.3, -0.25) is 4.68 Å². The Bertz CT molecular complexity index is 448. The van der Waals surface area contributed by atoms with Crippen LogP contribution in [-0.2, 0) is 6.54 Å². The highest BCUT2D eigenvalue weighted by Gasteiger charge is 2.44. The Morgan fingerprint density at radius 3 is 3.06 bits per heavy atom. The number of aryl methyl sites for hydroxylation is 1. The number of nitrogens with zero attached hydrogens (tertiary/aromatic N) is 3. The summed E-state index contributed by atoms with van der Waals surface area (Å²) >= 11 is 0. The molecule has 1 fully saturated rings. The smallest absolute Gasteiger partial charge is 0.101 e. The first kappa shape index (κ1) is 13.1. The van der Waals surface area contributed by atoms with E-state index in [2.05, 4.69) is 25.0 Å². The van der Waals surface area contributed by atoms with E-state index in [-0.39, 0.29) is 0 Å². The van der Waals surface area contributed by atoms with E-state index >= 15 is 0 Å². The SMILES string of the molecule is CCCn1cc(C(O)C2(C#N)CCC(C)C2)cn1. The van der Waals surface area contributed by atoms with Crippen molar-refractivity contribution >= 4 is 0 Å². The summed E-state index contributed by atoms with van der Waals surface area (Å²) in [4.78, 5) is 0. The van der Waals surface area contributed by atoms with Crippen LogP contribution in [0.5, 0.6) is 0 Å². The Balaban J connectivity index is 2.18. The van der Waals surface area contributed by atoms with E-state index in [1.807, 2.05) is 10.9 Å². The maximum atomic E-state index is 10.5. The van der Waals surface area contributed by atoms with Gasteiger partial charge in [-0.15, -0.1) is 0 Å². The number of hydrogen-bond acceptors (Lipinski definition) is 3. The van der Waals surface area contributed by atoms with Gasteiger partial charge in [0, 0.05) is 18.3 Å². The van der Waals surface area contributed by atoms with Crippen molar-refractivity contribution in [2.24, 2.45) is 11.3 Å². The molecule has 98 valence electrons. The van der Waals surface area contributed by atoms with E-state index in [9.17, 15) is 10.4 Å². The molecule has 4 heteroatoms. The van der Waals surface area contributed by atoms with Crippen LogP contribution >= 0.6 is 0 Å². The first-order valence-corrected chi connectivity index (χ1v) is 6.73. The first-order chi connectivity index (χ1) is 8.61. The van der Waals surface area contributed by atoms with E-state index in [0.717, 1.165) is 37.8 Å². The third kappa shape index (κ3) is 2.28.